The zero-order valence-electron chi connectivity index (χ0n) is 7.13. The van der Waals surface area contributed by atoms with E-state index in [0.29, 0.717) is 0 Å². The van der Waals surface area contributed by atoms with E-state index in [4.69, 9.17) is 0 Å². The summed E-state index contributed by atoms with van der Waals surface area (Å²) in [6, 6.07) is 0. The first-order valence-electron chi connectivity index (χ1n) is 4.05. The van der Waals surface area contributed by atoms with E-state index in [9.17, 15) is 4.39 Å². The van der Waals surface area contributed by atoms with Crippen molar-refractivity contribution in [2.45, 2.75) is 26.2 Å². The number of rotatable bonds is 3. The van der Waals surface area contributed by atoms with Gasteiger partial charge in [0.1, 0.15) is 0 Å². The molecule has 0 aliphatic carbocycles. The molecular weight excluding hydrogens is 143 g/mol. The molecule has 1 rings (SSSR count). The lowest BCUT2D eigenvalue weighted by molar-refractivity contribution is 0.0441. The minimum Gasteiger partial charge on any atom is -0.333 e. The Bertz CT molecular complexity index is 147. The molecule has 0 fully saturated rings. The van der Waals surface area contributed by atoms with Crippen molar-refractivity contribution >= 4 is 0 Å². The van der Waals surface area contributed by atoms with Crippen molar-refractivity contribution in [2.24, 2.45) is 0 Å². The van der Waals surface area contributed by atoms with Crippen LogP contribution in [-0.4, -0.2) is 29.8 Å². The molecule has 0 aromatic rings. The molecule has 1 heterocycles. The molecule has 0 saturated heterocycles. The molecule has 2 nitrogen and oxygen atoms in total. The molecule has 0 aromatic heterocycles. The highest BCUT2D eigenvalue weighted by atomic mass is 19.1. The quantitative estimate of drug-likeness (QED) is 0.577. The van der Waals surface area contributed by atoms with Gasteiger partial charge >= 0.3 is 0 Å². The zero-order valence-corrected chi connectivity index (χ0v) is 7.13. The lowest BCUT2D eigenvalue weighted by Gasteiger charge is -2.22. The van der Waals surface area contributed by atoms with Crippen molar-refractivity contribution in [3.63, 3.8) is 0 Å². The van der Waals surface area contributed by atoms with E-state index in [1.54, 1.807) is 29.2 Å². The van der Waals surface area contributed by atoms with Crippen LogP contribution in [-0.2, 0) is 0 Å². The molecule has 11 heavy (non-hydrogen) atoms. The van der Waals surface area contributed by atoms with Gasteiger partial charge in [0.25, 0.3) is 0 Å². The Balaban J connectivity index is 2.31. The minimum absolute atomic E-state index is 0.818. The van der Waals surface area contributed by atoms with Crippen molar-refractivity contribution in [1.82, 2.24) is 9.80 Å². The first-order valence-corrected chi connectivity index (χ1v) is 4.05. The second-order valence-corrected chi connectivity index (χ2v) is 2.87. The smallest absolute Gasteiger partial charge is 0.248 e. The van der Waals surface area contributed by atoms with Crippen LogP contribution in [0, 0.1) is 0 Å². The van der Waals surface area contributed by atoms with Crippen LogP contribution in [0.2, 0.25) is 0 Å². The van der Waals surface area contributed by atoms with E-state index in [2.05, 4.69) is 6.92 Å². The van der Waals surface area contributed by atoms with Gasteiger partial charge in [-0.2, -0.15) is 4.39 Å². The summed E-state index contributed by atoms with van der Waals surface area (Å²) in [6.07, 6.45) is 4.79. The maximum absolute atomic E-state index is 13.1. The van der Waals surface area contributed by atoms with Crippen molar-refractivity contribution in [3.8, 4) is 0 Å². The van der Waals surface area contributed by atoms with Crippen LogP contribution in [0.5, 0.6) is 0 Å². The SMILES string of the molecule is CCCCN1C=CN(C)C1F. The number of alkyl halides is 1. The second kappa shape index (κ2) is 3.60. The molecule has 0 aromatic carbocycles. The van der Waals surface area contributed by atoms with Gasteiger partial charge in [0.05, 0.1) is 0 Å². The Morgan fingerprint density at radius 1 is 1.45 bits per heavy atom. The lowest BCUT2D eigenvalue weighted by atomic mass is 10.3. The Kier molecular flexibility index (Phi) is 2.74. The van der Waals surface area contributed by atoms with Crippen LogP contribution in [0.4, 0.5) is 4.39 Å². The zero-order chi connectivity index (χ0) is 8.27. The molecule has 0 radical (unpaired) electrons. The lowest BCUT2D eigenvalue weighted by Crippen LogP contribution is -2.32. The number of hydrogen-bond acceptors (Lipinski definition) is 2. The van der Waals surface area contributed by atoms with Crippen molar-refractivity contribution in [3.05, 3.63) is 12.4 Å². The molecule has 0 bridgehead atoms. The monoisotopic (exact) mass is 158 g/mol. The van der Waals surface area contributed by atoms with Crippen molar-refractivity contribution in [1.29, 1.82) is 0 Å². The van der Waals surface area contributed by atoms with Crippen LogP contribution in [0.15, 0.2) is 12.4 Å². The van der Waals surface area contributed by atoms with Gasteiger partial charge in [-0.05, 0) is 6.42 Å². The molecule has 1 aliphatic rings. The summed E-state index contributed by atoms with van der Waals surface area (Å²) in [4.78, 5) is 3.28. The molecule has 0 spiro atoms. The number of unbranched alkanes of at least 4 members (excludes halogenated alkanes) is 1. The number of hydrogen-bond donors (Lipinski definition) is 0. The summed E-state index contributed by atoms with van der Waals surface area (Å²) in [7, 11) is 1.74. The van der Waals surface area contributed by atoms with Crippen molar-refractivity contribution < 1.29 is 4.39 Å². The van der Waals surface area contributed by atoms with Crippen LogP contribution in [0.25, 0.3) is 0 Å². The molecule has 3 heteroatoms. The van der Waals surface area contributed by atoms with Gasteiger partial charge in [-0.3, -0.25) is 0 Å². The number of nitrogens with zero attached hydrogens (tertiary/aromatic N) is 2. The molecule has 0 amide bonds. The molecule has 0 saturated carbocycles. The summed E-state index contributed by atoms with van der Waals surface area (Å²) in [5, 5.41) is 0. The first kappa shape index (κ1) is 8.37. The highest BCUT2D eigenvalue weighted by molar-refractivity contribution is 4.91. The fourth-order valence-electron chi connectivity index (χ4n) is 1.09. The Labute approximate surface area is 67.3 Å². The highest BCUT2D eigenvalue weighted by Gasteiger charge is 2.20. The average Bonchev–Trinajstić information content (AvgIpc) is 2.31. The van der Waals surface area contributed by atoms with E-state index < -0.39 is 6.42 Å². The average molecular weight is 158 g/mol. The molecule has 64 valence electrons. The minimum atomic E-state index is -0.943. The van der Waals surface area contributed by atoms with Gasteiger partial charge in [-0.15, -0.1) is 0 Å². The summed E-state index contributed by atoms with van der Waals surface area (Å²) in [5.41, 5.74) is 0. The van der Waals surface area contributed by atoms with Gasteiger partial charge < -0.3 is 9.80 Å². The predicted molar refractivity (Wildman–Crippen MR) is 43.4 cm³/mol. The Morgan fingerprint density at radius 3 is 2.64 bits per heavy atom. The van der Waals surface area contributed by atoms with E-state index in [1.165, 1.54) is 0 Å². The summed E-state index contributed by atoms with van der Waals surface area (Å²) in [6.45, 7) is 2.93. The van der Waals surface area contributed by atoms with Crippen molar-refractivity contribution in [2.75, 3.05) is 13.6 Å². The van der Waals surface area contributed by atoms with Gasteiger partial charge in [-0.1, -0.05) is 13.3 Å². The van der Waals surface area contributed by atoms with E-state index in [-0.39, 0.29) is 0 Å². The molecular formula is C8H15FN2. The van der Waals surface area contributed by atoms with Crippen LogP contribution >= 0.6 is 0 Å². The van der Waals surface area contributed by atoms with Crippen LogP contribution < -0.4 is 0 Å². The van der Waals surface area contributed by atoms with Gasteiger partial charge in [-0.25, -0.2) is 0 Å². The van der Waals surface area contributed by atoms with Gasteiger partial charge in [0, 0.05) is 26.0 Å². The maximum atomic E-state index is 13.1. The third-order valence-corrected chi connectivity index (χ3v) is 1.87. The molecule has 0 N–H and O–H groups in total. The third kappa shape index (κ3) is 1.85. The summed E-state index contributed by atoms with van der Waals surface area (Å²) >= 11 is 0. The standard InChI is InChI=1S/C8H15FN2/c1-3-4-5-11-7-6-10(2)8(11)9/h6-8H,3-5H2,1-2H3. The first-order chi connectivity index (χ1) is 5.25. The number of halogens is 1. The molecule has 1 unspecified atom stereocenters. The van der Waals surface area contributed by atoms with Gasteiger partial charge in [0.2, 0.25) is 6.42 Å². The Morgan fingerprint density at radius 2 is 2.18 bits per heavy atom. The van der Waals surface area contributed by atoms with E-state index in [1.807, 2.05) is 0 Å². The molecule has 1 atom stereocenters. The largest absolute Gasteiger partial charge is 0.333 e. The summed E-state index contributed by atoms with van der Waals surface area (Å²) in [5.74, 6) is 0. The van der Waals surface area contributed by atoms with Crippen LogP contribution in [0.1, 0.15) is 19.8 Å². The fourth-order valence-corrected chi connectivity index (χ4v) is 1.09. The van der Waals surface area contributed by atoms with E-state index >= 15 is 0 Å². The van der Waals surface area contributed by atoms with Crippen LogP contribution in [0.3, 0.4) is 0 Å². The van der Waals surface area contributed by atoms with E-state index in [0.717, 1.165) is 19.4 Å². The second-order valence-electron chi connectivity index (χ2n) is 2.87. The normalized spacial score (nSPS) is 23.4. The predicted octanol–water partition coefficient (Wildman–Crippen LogP) is 1.76. The third-order valence-electron chi connectivity index (χ3n) is 1.87. The fraction of sp³-hybridized carbons (Fsp3) is 0.750. The van der Waals surface area contributed by atoms with Gasteiger partial charge in [0.15, 0.2) is 0 Å². The molecule has 1 aliphatic heterocycles. The maximum Gasteiger partial charge on any atom is 0.248 e. The summed E-state index contributed by atoms with van der Waals surface area (Å²) < 4.78 is 13.1. The highest BCUT2D eigenvalue weighted by Crippen LogP contribution is 2.14. The Hall–Kier alpha value is -0.730. The topological polar surface area (TPSA) is 6.48 Å².